The average Bonchev–Trinajstić information content (AvgIpc) is 3.23. The van der Waals surface area contributed by atoms with Gasteiger partial charge in [-0.2, -0.15) is 26.3 Å². The van der Waals surface area contributed by atoms with Crippen LogP contribution >= 0.6 is 0 Å². The molecule has 1 heterocycles. The Morgan fingerprint density at radius 2 is 1.66 bits per heavy atom. The number of hydrogen-bond donors (Lipinski definition) is 0. The fraction of sp³-hybridized carbons (Fsp3) is 0.650. The van der Waals surface area contributed by atoms with Crippen LogP contribution in [0.5, 0.6) is 0 Å². The largest absolute Gasteiger partial charge is 0.435 e. The van der Waals surface area contributed by atoms with Crippen LogP contribution in [0.25, 0.3) is 0 Å². The highest BCUT2D eigenvalue weighted by atomic mass is 19.4. The Hall–Kier alpha value is -1.80. The summed E-state index contributed by atoms with van der Waals surface area (Å²) in [7, 11) is 0. The Balaban J connectivity index is 1.66. The van der Waals surface area contributed by atoms with E-state index in [-0.39, 0.29) is 29.7 Å². The number of likely N-dealkylation sites (tertiary alicyclic amines) is 1. The molecular weight excluding hydrogens is 403 g/mol. The van der Waals surface area contributed by atoms with Crippen molar-refractivity contribution in [2.24, 2.45) is 5.41 Å². The Labute approximate surface area is 163 Å². The standard InChI is InChI=1S/C20H20F7NO/c1-17(7-8-17)16(29)28-9-6-14-13-4-3-12(10-11(13)2-5-15(14)28)18(21,19(22,23)24)20(25,26)27/h3-4,10,14-15H,2,5-9H2,1H3/t14-,15+/m0/s1. The first kappa shape index (κ1) is 20.5. The maximum atomic E-state index is 14.4. The van der Waals surface area contributed by atoms with Gasteiger partial charge in [0.05, 0.1) is 0 Å². The van der Waals surface area contributed by atoms with Crippen molar-refractivity contribution < 1.29 is 35.5 Å². The van der Waals surface area contributed by atoms with Crippen LogP contribution in [0.1, 0.15) is 55.2 Å². The Bertz CT molecular complexity index is 826. The molecule has 1 aromatic rings. The number of aryl methyl sites for hydroxylation is 1. The fourth-order valence-electron chi connectivity index (χ4n) is 4.76. The summed E-state index contributed by atoms with van der Waals surface area (Å²) in [4.78, 5) is 14.5. The summed E-state index contributed by atoms with van der Waals surface area (Å²) in [6.07, 6.45) is -9.34. The number of halogens is 7. The molecule has 9 heteroatoms. The average molecular weight is 423 g/mol. The number of nitrogens with zero attached hydrogens (tertiary/aromatic N) is 1. The smallest absolute Gasteiger partial charge is 0.339 e. The summed E-state index contributed by atoms with van der Waals surface area (Å²) in [5.74, 6) is -0.0770. The quantitative estimate of drug-likeness (QED) is 0.583. The number of hydrogen-bond acceptors (Lipinski definition) is 1. The van der Waals surface area contributed by atoms with Gasteiger partial charge in [-0.3, -0.25) is 4.79 Å². The van der Waals surface area contributed by atoms with Crippen molar-refractivity contribution in [3.05, 3.63) is 34.9 Å². The molecule has 1 saturated heterocycles. The van der Waals surface area contributed by atoms with E-state index in [1.165, 1.54) is 6.07 Å². The molecule has 0 spiro atoms. The third kappa shape index (κ3) is 2.94. The molecule has 0 aromatic heterocycles. The van der Waals surface area contributed by atoms with Gasteiger partial charge in [-0.05, 0) is 43.2 Å². The van der Waals surface area contributed by atoms with Gasteiger partial charge in [-0.15, -0.1) is 0 Å². The number of amides is 1. The van der Waals surface area contributed by atoms with Gasteiger partial charge in [0.25, 0.3) is 0 Å². The lowest BCUT2D eigenvalue weighted by Gasteiger charge is -2.36. The van der Waals surface area contributed by atoms with Gasteiger partial charge in [0, 0.05) is 29.5 Å². The minimum Gasteiger partial charge on any atom is -0.339 e. The molecule has 160 valence electrons. The maximum Gasteiger partial charge on any atom is 0.435 e. The van der Waals surface area contributed by atoms with E-state index < -0.39 is 23.6 Å². The normalized spacial score (nSPS) is 26.1. The zero-order valence-electron chi connectivity index (χ0n) is 15.6. The first-order valence-corrected chi connectivity index (χ1v) is 9.56. The topological polar surface area (TPSA) is 20.3 Å². The summed E-state index contributed by atoms with van der Waals surface area (Å²) in [5.41, 5.74) is -6.28. The number of benzene rings is 1. The summed E-state index contributed by atoms with van der Waals surface area (Å²) >= 11 is 0. The van der Waals surface area contributed by atoms with Crippen molar-refractivity contribution in [2.45, 2.75) is 69.0 Å². The number of alkyl halides is 7. The van der Waals surface area contributed by atoms with Crippen molar-refractivity contribution >= 4 is 5.91 Å². The van der Waals surface area contributed by atoms with Crippen LogP contribution in [0.4, 0.5) is 30.7 Å². The third-order valence-electron chi connectivity index (χ3n) is 6.75. The van der Waals surface area contributed by atoms with Crippen molar-refractivity contribution in [3.8, 4) is 0 Å². The number of rotatable bonds is 2. The lowest BCUT2D eigenvalue weighted by molar-refractivity contribution is -0.348. The highest BCUT2D eigenvalue weighted by Crippen LogP contribution is 2.55. The van der Waals surface area contributed by atoms with E-state index in [9.17, 15) is 35.5 Å². The summed E-state index contributed by atoms with van der Waals surface area (Å²) in [6.45, 7) is 2.42. The van der Waals surface area contributed by atoms with Gasteiger partial charge in [-0.1, -0.05) is 25.1 Å². The molecule has 4 rings (SSSR count). The van der Waals surface area contributed by atoms with Gasteiger partial charge < -0.3 is 4.90 Å². The van der Waals surface area contributed by atoms with Crippen molar-refractivity contribution in [1.29, 1.82) is 0 Å². The van der Waals surface area contributed by atoms with E-state index in [1.807, 2.05) is 11.8 Å². The summed E-state index contributed by atoms with van der Waals surface area (Å²) < 4.78 is 92.7. The second kappa shape index (κ2) is 6.11. The molecule has 0 unspecified atom stereocenters. The second-order valence-electron chi connectivity index (χ2n) is 8.63. The molecule has 0 radical (unpaired) electrons. The van der Waals surface area contributed by atoms with Gasteiger partial charge in [0.2, 0.25) is 5.91 Å². The molecule has 0 N–H and O–H groups in total. The van der Waals surface area contributed by atoms with Crippen LogP contribution in [0, 0.1) is 5.41 Å². The van der Waals surface area contributed by atoms with Crippen LogP contribution in [0.2, 0.25) is 0 Å². The van der Waals surface area contributed by atoms with Crippen LogP contribution in [-0.4, -0.2) is 35.7 Å². The Morgan fingerprint density at radius 3 is 2.21 bits per heavy atom. The molecule has 29 heavy (non-hydrogen) atoms. The van der Waals surface area contributed by atoms with Crippen LogP contribution in [-0.2, 0) is 16.9 Å². The van der Waals surface area contributed by atoms with Crippen LogP contribution in [0.15, 0.2) is 18.2 Å². The number of fused-ring (bicyclic) bond motifs is 3. The molecule has 1 saturated carbocycles. The maximum absolute atomic E-state index is 14.4. The summed E-state index contributed by atoms with van der Waals surface area (Å²) in [5, 5.41) is 0. The van der Waals surface area contributed by atoms with E-state index in [0.29, 0.717) is 42.6 Å². The number of carbonyl (C=O) groups is 1. The summed E-state index contributed by atoms with van der Waals surface area (Å²) in [6, 6.07) is 2.37. The molecule has 1 amide bonds. The molecule has 2 atom stereocenters. The first-order valence-electron chi connectivity index (χ1n) is 9.56. The Morgan fingerprint density at radius 1 is 1.03 bits per heavy atom. The van der Waals surface area contributed by atoms with Gasteiger partial charge >= 0.3 is 18.0 Å². The van der Waals surface area contributed by atoms with Crippen molar-refractivity contribution in [3.63, 3.8) is 0 Å². The van der Waals surface area contributed by atoms with Gasteiger partial charge in [0.1, 0.15) is 0 Å². The van der Waals surface area contributed by atoms with Crippen LogP contribution < -0.4 is 0 Å². The highest BCUT2D eigenvalue weighted by molar-refractivity contribution is 5.85. The monoisotopic (exact) mass is 423 g/mol. The molecule has 1 aromatic carbocycles. The van der Waals surface area contributed by atoms with Crippen LogP contribution in [0.3, 0.4) is 0 Å². The van der Waals surface area contributed by atoms with Gasteiger partial charge in [-0.25, -0.2) is 4.39 Å². The molecular formula is C20H20F7NO. The third-order valence-corrected chi connectivity index (χ3v) is 6.75. The molecule has 2 fully saturated rings. The predicted octanol–water partition coefficient (Wildman–Crippen LogP) is 5.41. The predicted molar refractivity (Wildman–Crippen MR) is 89.9 cm³/mol. The molecule has 1 aliphatic heterocycles. The highest BCUT2D eigenvalue weighted by Gasteiger charge is 2.73. The van der Waals surface area contributed by atoms with E-state index >= 15 is 0 Å². The lowest BCUT2D eigenvalue weighted by Crippen LogP contribution is -2.50. The number of carbonyl (C=O) groups excluding carboxylic acids is 1. The zero-order chi connectivity index (χ0) is 21.4. The van der Waals surface area contributed by atoms with Gasteiger partial charge in [0.15, 0.2) is 0 Å². The second-order valence-corrected chi connectivity index (χ2v) is 8.63. The van der Waals surface area contributed by atoms with E-state index in [2.05, 4.69) is 0 Å². The lowest BCUT2D eigenvalue weighted by atomic mass is 9.77. The van der Waals surface area contributed by atoms with Crippen molar-refractivity contribution in [2.75, 3.05) is 6.54 Å². The molecule has 0 bridgehead atoms. The molecule has 2 aliphatic carbocycles. The zero-order valence-corrected chi connectivity index (χ0v) is 15.6. The minimum atomic E-state index is -6.12. The first-order chi connectivity index (χ1) is 13.3. The Kier molecular flexibility index (Phi) is 4.31. The van der Waals surface area contributed by atoms with E-state index in [4.69, 9.17) is 0 Å². The van der Waals surface area contributed by atoms with E-state index in [1.54, 1.807) is 0 Å². The van der Waals surface area contributed by atoms with Crippen molar-refractivity contribution in [1.82, 2.24) is 4.90 Å². The minimum absolute atomic E-state index is 0.0713. The molecule has 3 aliphatic rings. The van der Waals surface area contributed by atoms with E-state index in [0.717, 1.165) is 12.8 Å². The SMILES string of the molecule is CC1(C(=O)N2CC[C@H]3c4ccc(C(F)(C(F)(F)F)C(F)(F)F)cc4CC[C@H]32)CC1. The molecule has 2 nitrogen and oxygen atoms in total. The fourth-order valence-corrected chi connectivity index (χ4v) is 4.76.